The second-order valence-corrected chi connectivity index (χ2v) is 4.43. The number of carbonyl (C=O) groups is 1. The van der Waals surface area contributed by atoms with E-state index in [1.54, 1.807) is 0 Å². The van der Waals surface area contributed by atoms with Crippen molar-refractivity contribution in [3.63, 3.8) is 0 Å². The summed E-state index contributed by atoms with van der Waals surface area (Å²) in [5, 5.41) is 10.0. The molecule has 3 nitrogen and oxygen atoms in total. The number of quaternary nitrogens is 1. The van der Waals surface area contributed by atoms with Gasteiger partial charge in [0.2, 0.25) is 0 Å². The number of rotatable bonds is 4. The molecular weight excluding hydrogens is 198 g/mol. The third-order valence-corrected chi connectivity index (χ3v) is 1.51. The van der Waals surface area contributed by atoms with Gasteiger partial charge >= 0.3 is 0 Å². The molecule has 0 radical (unpaired) electrons. The van der Waals surface area contributed by atoms with Gasteiger partial charge in [0.1, 0.15) is 0 Å². The van der Waals surface area contributed by atoms with E-state index in [1.165, 1.54) is 0 Å². The highest BCUT2D eigenvalue weighted by atomic mass is 35.5. The Hall–Kier alpha value is 0.0700. The van der Waals surface area contributed by atoms with E-state index in [-0.39, 0.29) is 24.1 Å². The zero-order valence-electron chi connectivity index (χ0n) is 7.61. The molecule has 0 aromatic heterocycles. The van der Waals surface area contributed by atoms with E-state index in [2.05, 4.69) is 12.6 Å². The maximum Gasteiger partial charge on any atom is 0.0902 e. The summed E-state index contributed by atoms with van der Waals surface area (Å²) in [6, 6.07) is 0. The highest BCUT2D eigenvalue weighted by Crippen LogP contribution is 2.05. The molecule has 1 unspecified atom stereocenters. The standard InChI is InChI=1S/C7H15NO2S.ClH/c1-8(2,3)5-6(11)4-7(9)10;/h6H,4-5H2,1-3H3,(H-,9,10,11);1H. The maximum absolute atomic E-state index is 10.1. The van der Waals surface area contributed by atoms with Gasteiger partial charge in [-0.3, -0.25) is 0 Å². The topological polar surface area (TPSA) is 40.1 Å². The summed E-state index contributed by atoms with van der Waals surface area (Å²) >= 11 is 4.13. The molecule has 0 fully saturated rings. The Bertz CT molecular complexity index is 147. The van der Waals surface area contributed by atoms with Crippen molar-refractivity contribution in [2.45, 2.75) is 11.7 Å². The fourth-order valence-corrected chi connectivity index (χ4v) is 1.53. The Balaban J connectivity index is 0. The van der Waals surface area contributed by atoms with Gasteiger partial charge < -0.3 is 14.4 Å². The van der Waals surface area contributed by atoms with Crippen LogP contribution in [0.3, 0.4) is 0 Å². The Morgan fingerprint density at radius 2 is 1.92 bits per heavy atom. The van der Waals surface area contributed by atoms with Crippen LogP contribution in [0.4, 0.5) is 0 Å². The van der Waals surface area contributed by atoms with Gasteiger partial charge in [0, 0.05) is 12.4 Å². The van der Waals surface area contributed by atoms with Gasteiger partial charge in [0.15, 0.2) is 0 Å². The van der Waals surface area contributed by atoms with E-state index >= 15 is 0 Å². The summed E-state index contributed by atoms with van der Waals surface area (Å²) in [6.45, 7) is 0.733. The predicted octanol–water partition coefficient (Wildman–Crippen LogP) is -0.447. The largest absolute Gasteiger partial charge is 0.550 e. The summed E-state index contributed by atoms with van der Waals surface area (Å²) < 4.78 is 0.724. The van der Waals surface area contributed by atoms with Gasteiger partial charge in [0.05, 0.1) is 32.9 Å². The Morgan fingerprint density at radius 1 is 1.50 bits per heavy atom. The van der Waals surface area contributed by atoms with Crippen LogP contribution in [0.15, 0.2) is 0 Å². The highest BCUT2D eigenvalue weighted by molar-refractivity contribution is 7.81. The average molecular weight is 214 g/mol. The maximum atomic E-state index is 10.1. The fraction of sp³-hybridized carbons (Fsp3) is 0.857. The lowest BCUT2D eigenvalue weighted by atomic mass is 10.3. The van der Waals surface area contributed by atoms with Crippen LogP contribution in [-0.4, -0.2) is 43.4 Å². The SMILES string of the molecule is C[N+](C)(C)CC(S)CC(=O)[O-].Cl. The van der Waals surface area contributed by atoms with Crippen LogP contribution in [0.25, 0.3) is 0 Å². The molecule has 0 aliphatic heterocycles. The first-order valence-electron chi connectivity index (χ1n) is 3.49. The first-order valence-corrected chi connectivity index (χ1v) is 4.01. The minimum absolute atomic E-state index is 0. The third-order valence-electron chi connectivity index (χ3n) is 1.16. The van der Waals surface area contributed by atoms with Crippen molar-refractivity contribution in [2.75, 3.05) is 27.7 Å². The molecule has 0 rings (SSSR count). The zero-order valence-corrected chi connectivity index (χ0v) is 9.32. The summed E-state index contributed by atoms with van der Waals surface area (Å²) in [4.78, 5) is 10.1. The number of halogens is 1. The lowest BCUT2D eigenvalue weighted by molar-refractivity contribution is -0.869. The fourth-order valence-electron chi connectivity index (χ4n) is 0.889. The molecule has 0 saturated carbocycles. The van der Waals surface area contributed by atoms with Crippen molar-refractivity contribution in [3.05, 3.63) is 0 Å². The van der Waals surface area contributed by atoms with Crippen LogP contribution in [0, 0.1) is 0 Å². The average Bonchev–Trinajstić information content (AvgIpc) is 1.53. The molecule has 74 valence electrons. The molecule has 0 aliphatic rings. The minimum Gasteiger partial charge on any atom is -0.550 e. The number of carboxylic acids is 1. The number of thiol groups is 1. The second kappa shape index (κ2) is 5.67. The Morgan fingerprint density at radius 3 is 2.17 bits per heavy atom. The molecule has 0 heterocycles. The molecule has 0 spiro atoms. The number of aliphatic carboxylic acids is 1. The van der Waals surface area contributed by atoms with Crippen LogP contribution in [0.5, 0.6) is 0 Å². The summed E-state index contributed by atoms with van der Waals surface area (Å²) in [5.74, 6) is -1.03. The van der Waals surface area contributed by atoms with Crippen molar-refractivity contribution < 1.29 is 14.4 Å². The van der Waals surface area contributed by atoms with Gasteiger partial charge in [-0.15, -0.1) is 12.4 Å². The van der Waals surface area contributed by atoms with E-state index in [1.807, 2.05) is 21.1 Å². The van der Waals surface area contributed by atoms with Crippen molar-refractivity contribution in [1.29, 1.82) is 0 Å². The molecule has 0 aromatic carbocycles. The van der Waals surface area contributed by atoms with Gasteiger partial charge in [-0.05, 0) is 0 Å². The molecular formula is C7H16ClNO2S. The Labute approximate surface area is 85.2 Å². The van der Waals surface area contributed by atoms with E-state index in [0.717, 1.165) is 11.0 Å². The van der Waals surface area contributed by atoms with Crippen LogP contribution < -0.4 is 5.11 Å². The lowest BCUT2D eigenvalue weighted by Gasteiger charge is -2.27. The molecule has 12 heavy (non-hydrogen) atoms. The molecule has 0 N–H and O–H groups in total. The zero-order chi connectivity index (χ0) is 9.07. The van der Waals surface area contributed by atoms with Crippen molar-refractivity contribution in [1.82, 2.24) is 0 Å². The molecule has 1 atom stereocenters. The number of carboxylic acid groups (broad SMARTS) is 1. The summed E-state index contributed by atoms with van der Waals surface area (Å²) in [5.41, 5.74) is 0. The highest BCUT2D eigenvalue weighted by Gasteiger charge is 2.13. The summed E-state index contributed by atoms with van der Waals surface area (Å²) in [7, 11) is 6.00. The third kappa shape index (κ3) is 10.1. The van der Waals surface area contributed by atoms with Gasteiger partial charge in [-0.25, -0.2) is 0 Å². The van der Waals surface area contributed by atoms with Crippen LogP contribution >= 0.6 is 25.0 Å². The van der Waals surface area contributed by atoms with Crippen molar-refractivity contribution in [3.8, 4) is 0 Å². The predicted molar refractivity (Wildman–Crippen MR) is 52.5 cm³/mol. The first-order chi connectivity index (χ1) is 4.81. The van der Waals surface area contributed by atoms with E-state index in [4.69, 9.17) is 0 Å². The normalized spacial score (nSPS) is 13.3. The number of hydrogen-bond donors (Lipinski definition) is 1. The van der Waals surface area contributed by atoms with Gasteiger partial charge in [0.25, 0.3) is 0 Å². The first kappa shape index (κ1) is 14.6. The van der Waals surface area contributed by atoms with Gasteiger partial charge in [-0.1, -0.05) is 0 Å². The van der Waals surface area contributed by atoms with E-state index < -0.39 is 5.97 Å². The molecule has 0 aliphatic carbocycles. The smallest absolute Gasteiger partial charge is 0.0902 e. The van der Waals surface area contributed by atoms with Crippen LogP contribution in [0.2, 0.25) is 0 Å². The molecule has 5 heteroatoms. The number of carbonyl (C=O) groups excluding carboxylic acids is 1. The number of hydrogen-bond acceptors (Lipinski definition) is 3. The van der Waals surface area contributed by atoms with Crippen molar-refractivity contribution >= 4 is 31.0 Å². The van der Waals surface area contributed by atoms with E-state index in [0.29, 0.717) is 0 Å². The second-order valence-electron chi connectivity index (χ2n) is 3.70. The van der Waals surface area contributed by atoms with Gasteiger partial charge in [-0.2, -0.15) is 12.6 Å². The molecule has 0 amide bonds. The van der Waals surface area contributed by atoms with Crippen LogP contribution in [-0.2, 0) is 4.79 Å². The minimum atomic E-state index is -1.03. The Kier molecular flexibility index (Phi) is 6.89. The van der Waals surface area contributed by atoms with Crippen LogP contribution in [0.1, 0.15) is 6.42 Å². The summed E-state index contributed by atoms with van der Waals surface area (Å²) in [6.07, 6.45) is 0.0264. The quantitative estimate of drug-likeness (QED) is 0.508. The molecule has 0 bridgehead atoms. The monoisotopic (exact) mass is 213 g/mol. The number of nitrogens with zero attached hydrogens (tertiary/aromatic N) is 1. The molecule has 0 aromatic rings. The van der Waals surface area contributed by atoms with E-state index in [9.17, 15) is 9.90 Å². The molecule has 0 saturated heterocycles. The lowest BCUT2D eigenvalue weighted by Crippen LogP contribution is -2.41. The van der Waals surface area contributed by atoms with Crippen molar-refractivity contribution in [2.24, 2.45) is 0 Å².